The summed E-state index contributed by atoms with van der Waals surface area (Å²) in [5.74, 6) is 0.678. The van der Waals surface area contributed by atoms with Gasteiger partial charge in [-0.05, 0) is 45.8 Å². The molecule has 0 saturated carbocycles. The van der Waals surface area contributed by atoms with Crippen molar-refractivity contribution in [2.75, 3.05) is 14.2 Å². The first kappa shape index (κ1) is 18.4. The minimum atomic E-state index is -0.427. The first-order valence-electron chi connectivity index (χ1n) is 7.05. The Hall–Kier alpha value is -1.98. The molecule has 0 aromatic heterocycles. The van der Waals surface area contributed by atoms with Gasteiger partial charge in [-0.15, -0.1) is 0 Å². The average Bonchev–Trinajstić information content (AvgIpc) is 2.59. The molecule has 0 saturated heterocycles. The van der Waals surface area contributed by atoms with Gasteiger partial charge in [-0.25, -0.2) is 4.79 Å². The van der Waals surface area contributed by atoms with E-state index in [-0.39, 0.29) is 0 Å². The summed E-state index contributed by atoms with van der Waals surface area (Å²) in [6, 6.07) is 11.1. The maximum Gasteiger partial charge on any atom is 0.330 e. The molecule has 24 heavy (non-hydrogen) atoms. The number of methoxy groups -OCH3 is 2. The highest BCUT2D eigenvalue weighted by atomic mass is 79.9. The number of carbonyl (C=O) groups excluding carboxylic acids is 1. The van der Waals surface area contributed by atoms with Crippen molar-refractivity contribution in [3.05, 3.63) is 63.1 Å². The van der Waals surface area contributed by atoms with Crippen molar-refractivity contribution in [2.24, 2.45) is 0 Å². The first-order valence-corrected chi connectivity index (χ1v) is 8.22. The second-order valence-corrected chi connectivity index (χ2v) is 6.03. The van der Waals surface area contributed by atoms with Gasteiger partial charge in [-0.3, -0.25) is 0 Å². The molecule has 0 spiro atoms. The summed E-state index contributed by atoms with van der Waals surface area (Å²) in [5, 5.41) is 0.644. The highest BCUT2D eigenvalue weighted by molar-refractivity contribution is 9.10. The van der Waals surface area contributed by atoms with Crippen LogP contribution >= 0.6 is 27.5 Å². The van der Waals surface area contributed by atoms with E-state index in [0.717, 1.165) is 11.1 Å². The van der Waals surface area contributed by atoms with Crippen LogP contribution in [0.1, 0.15) is 11.1 Å². The van der Waals surface area contributed by atoms with Crippen molar-refractivity contribution < 1.29 is 19.0 Å². The van der Waals surface area contributed by atoms with Crippen LogP contribution in [-0.2, 0) is 16.1 Å². The van der Waals surface area contributed by atoms with Gasteiger partial charge in [0.2, 0.25) is 0 Å². The zero-order chi connectivity index (χ0) is 17.5. The predicted octanol–water partition coefficient (Wildman–Crippen LogP) is 4.88. The van der Waals surface area contributed by atoms with E-state index < -0.39 is 5.97 Å². The number of esters is 1. The van der Waals surface area contributed by atoms with Crippen LogP contribution < -0.4 is 9.47 Å². The molecule has 0 aliphatic heterocycles. The smallest absolute Gasteiger partial charge is 0.330 e. The fraction of sp³-hybridized carbons (Fsp3) is 0.167. The lowest BCUT2D eigenvalue weighted by molar-refractivity contribution is -0.134. The Kier molecular flexibility index (Phi) is 6.70. The van der Waals surface area contributed by atoms with E-state index in [1.54, 1.807) is 19.3 Å². The molecule has 0 aliphatic rings. The molecule has 0 fully saturated rings. The lowest BCUT2D eigenvalue weighted by Crippen LogP contribution is -2.00. The van der Waals surface area contributed by atoms with Gasteiger partial charge in [0.1, 0.15) is 6.61 Å². The molecule has 4 nitrogen and oxygen atoms in total. The molecule has 2 aromatic carbocycles. The first-order chi connectivity index (χ1) is 11.5. The molecule has 6 heteroatoms. The normalized spacial score (nSPS) is 10.7. The summed E-state index contributed by atoms with van der Waals surface area (Å²) in [6.45, 7) is 0.311. The van der Waals surface area contributed by atoms with Gasteiger partial charge >= 0.3 is 5.97 Å². The number of carbonyl (C=O) groups is 1. The highest BCUT2D eigenvalue weighted by Gasteiger charge is 2.12. The van der Waals surface area contributed by atoms with Gasteiger partial charge in [0, 0.05) is 16.7 Å². The molecule has 0 radical (unpaired) electrons. The lowest BCUT2D eigenvalue weighted by atomic mass is 10.2. The van der Waals surface area contributed by atoms with Crippen LogP contribution in [0.25, 0.3) is 6.08 Å². The van der Waals surface area contributed by atoms with E-state index >= 15 is 0 Å². The number of benzene rings is 2. The molecule has 0 aliphatic carbocycles. The van der Waals surface area contributed by atoms with Gasteiger partial charge in [-0.1, -0.05) is 29.8 Å². The minimum absolute atomic E-state index is 0.311. The van der Waals surface area contributed by atoms with Crippen LogP contribution in [-0.4, -0.2) is 20.2 Å². The summed E-state index contributed by atoms with van der Waals surface area (Å²) >= 11 is 9.60. The molecule has 0 heterocycles. The van der Waals surface area contributed by atoms with Crippen LogP contribution in [0.4, 0.5) is 0 Å². The van der Waals surface area contributed by atoms with Crippen LogP contribution in [0.2, 0.25) is 5.02 Å². The fourth-order valence-corrected chi connectivity index (χ4v) is 2.74. The molecule has 0 N–H and O–H groups in total. The quantitative estimate of drug-likeness (QED) is 0.502. The van der Waals surface area contributed by atoms with E-state index in [9.17, 15) is 4.79 Å². The second-order valence-electron chi connectivity index (χ2n) is 4.77. The van der Waals surface area contributed by atoms with Crippen molar-refractivity contribution in [3.63, 3.8) is 0 Å². The Balaban J connectivity index is 2.22. The highest BCUT2D eigenvalue weighted by Crippen LogP contribution is 2.37. The number of rotatable bonds is 6. The maximum absolute atomic E-state index is 11.2. The van der Waals surface area contributed by atoms with Crippen LogP contribution in [0.3, 0.4) is 0 Å². The Morgan fingerprint density at radius 3 is 2.67 bits per heavy atom. The molecule has 0 amide bonds. The summed E-state index contributed by atoms with van der Waals surface area (Å²) in [4.78, 5) is 11.2. The van der Waals surface area contributed by atoms with Gasteiger partial charge in [-0.2, -0.15) is 0 Å². The SMILES string of the molecule is COC(=O)/C=C/c1cc(Br)c(OCc2ccccc2Cl)c(OC)c1. The standard InChI is InChI=1S/C18H16BrClO4/c1-22-16-10-12(7-8-17(21)23-2)9-14(19)18(16)24-11-13-5-3-4-6-15(13)20/h3-10H,11H2,1-2H3/b8-7+. The maximum atomic E-state index is 11.2. The molecule has 126 valence electrons. The van der Waals surface area contributed by atoms with E-state index in [0.29, 0.717) is 27.6 Å². The van der Waals surface area contributed by atoms with Crippen LogP contribution in [0, 0.1) is 0 Å². The Morgan fingerprint density at radius 2 is 2.00 bits per heavy atom. The fourth-order valence-electron chi connectivity index (χ4n) is 1.97. The molecule has 2 rings (SSSR count). The second kappa shape index (κ2) is 8.76. The summed E-state index contributed by atoms with van der Waals surface area (Å²) in [7, 11) is 2.88. The Bertz CT molecular complexity index is 759. The zero-order valence-corrected chi connectivity index (χ0v) is 15.6. The monoisotopic (exact) mass is 410 g/mol. The molecule has 0 unspecified atom stereocenters. The lowest BCUT2D eigenvalue weighted by Gasteiger charge is -2.14. The molecular formula is C18H16BrClO4. The molecular weight excluding hydrogens is 396 g/mol. The number of hydrogen-bond acceptors (Lipinski definition) is 4. The third-order valence-electron chi connectivity index (χ3n) is 3.19. The topological polar surface area (TPSA) is 44.8 Å². The number of hydrogen-bond donors (Lipinski definition) is 0. The van der Waals surface area contributed by atoms with E-state index in [1.807, 2.05) is 30.3 Å². The van der Waals surface area contributed by atoms with Gasteiger partial charge in [0.05, 0.1) is 18.7 Å². The Labute approximate surface area is 154 Å². The minimum Gasteiger partial charge on any atom is -0.493 e. The van der Waals surface area contributed by atoms with Crippen molar-refractivity contribution in [1.29, 1.82) is 0 Å². The van der Waals surface area contributed by atoms with Crippen LogP contribution in [0.5, 0.6) is 11.5 Å². The summed E-state index contributed by atoms with van der Waals surface area (Å²) < 4.78 is 16.5. The largest absolute Gasteiger partial charge is 0.493 e. The van der Waals surface area contributed by atoms with Gasteiger partial charge < -0.3 is 14.2 Å². The van der Waals surface area contributed by atoms with Gasteiger partial charge in [0.15, 0.2) is 11.5 Å². The third-order valence-corrected chi connectivity index (χ3v) is 4.15. The van der Waals surface area contributed by atoms with E-state index in [2.05, 4.69) is 20.7 Å². The van der Waals surface area contributed by atoms with E-state index in [1.165, 1.54) is 13.2 Å². The zero-order valence-electron chi connectivity index (χ0n) is 13.2. The van der Waals surface area contributed by atoms with Crippen molar-refractivity contribution in [1.82, 2.24) is 0 Å². The molecule has 0 atom stereocenters. The summed E-state index contributed by atoms with van der Waals surface area (Å²) in [5.41, 5.74) is 1.65. The molecule has 0 bridgehead atoms. The van der Waals surface area contributed by atoms with Crippen molar-refractivity contribution in [2.45, 2.75) is 6.61 Å². The molecule has 2 aromatic rings. The van der Waals surface area contributed by atoms with Crippen LogP contribution in [0.15, 0.2) is 46.9 Å². The average molecular weight is 412 g/mol. The van der Waals surface area contributed by atoms with Crippen molar-refractivity contribution in [3.8, 4) is 11.5 Å². The number of halogens is 2. The third kappa shape index (κ3) is 4.76. The van der Waals surface area contributed by atoms with E-state index in [4.69, 9.17) is 21.1 Å². The van der Waals surface area contributed by atoms with Gasteiger partial charge in [0.25, 0.3) is 0 Å². The summed E-state index contributed by atoms with van der Waals surface area (Å²) in [6.07, 6.45) is 2.97. The van der Waals surface area contributed by atoms with Crippen molar-refractivity contribution >= 4 is 39.6 Å². The Morgan fingerprint density at radius 1 is 1.25 bits per heavy atom. The predicted molar refractivity (Wildman–Crippen MR) is 97.5 cm³/mol. The number of ether oxygens (including phenoxy) is 3.